The van der Waals surface area contributed by atoms with Crippen LogP contribution in [0.2, 0.25) is 0 Å². The molecule has 18 heteroatoms. The summed E-state index contributed by atoms with van der Waals surface area (Å²) in [5.41, 5.74) is 0. The number of phosphoric acid groups is 2. The molecule has 0 fully saturated rings. The normalized spacial score (nSPS) is 15.0. The van der Waals surface area contributed by atoms with E-state index in [4.69, 9.17) is 32.3 Å². The van der Waals surface area contributed by atoms with Crippen LogP contribution in [0.3, 0.4) is 0 Å². The molecule has 0 saturated carbocycles. The molecule has 0 bridgehead atoms. The van der Waals surface area contributed by atoms with Gasteiger partial charge in [-0.25, -0.2) is 9.13 Å². The third-order valence-corrected chi connectivity index (χ3v) is 14.5. The molecular weight excluding hydrogens is 1070 g/mol. The summed E-state index contributed by atoms with van der Waals surface area (Å²) in [5, 5.41) is 20.5. The van der Waals surface area contributed by atoms with Gasteiger partial charge < -0.3 is 34.2 Å². The minimum Gasteiger partial charge on any atom is -0.463 e. The molecule has 4 N–H and O–H groups in total. The SMILES string of the molecule is CC/C=C\C/C=C\C/C=C\CCCCCCCCCC(=O)OCC(O)COP(=O)(O)OCC(O)COP(=O)(O)OCC(COC(=O)CCCCCCC/C=C\C/C=C\CCCCC)OC(=O)CCCCCCC/C=C\C/C=C\CCC. The van der Waals surface area contributed by atoms with Gasteiger partial charge in [-0.05, 0) is 109 Å². The molecule has 0 aliphatic heterocycles. The lowest BCUT2D eigenvalue weighted by atomic mass is 10.1. The van der Waals surface area contributed by atoms with Crippen molar-refractivity contribution < 1.29 is 75.8 Å². The highest BCUT2D eigenvalue weighted by Crippen LogP contribution is 2.45. The molecule has 5 atom stereocenters. The van der Waals surface area contributed by atoms with E-state index in [1.807, 2.05) is 0 Å². The lowest BCUT2D eigenvalue weighted by molar-refractivity contribution is -0.161. The molecule has 0 rings (SSSR count). The van der Waals surface area contributed by atoms with E-state index in [9.17, 15) is 43.5 Å². The number of allylic oxidation sites excluding steroid dienone is 14. The Balaban J connectivity index is 4.69. The van der Waals surface area contributed by atoms with Gasteiger partial charge in [0.25, 0.3) is 0 Å². The van der Waals surface area contributed by atoms with Crippen LogP contribution in [0, 0.1) is 0 Å². The Morgan fingerprint density at radius 3 is 1.09 bits per heavy atom. The van der Waals surface area contributed by atoms with E-state index in [-0.39, 0.29) is 19.3 Å². The van der Waals surface area contributed by atoms with Gasteiger partial charge in [0, 0.05) is 19.3 Å². The van der Waals surface area contributed by atoms with Crippen LogP contribution in [0.5, 0.6) is 0 Å². The van der Waals surface area contributed by atoms with Crippen molar-refractivity contribution in [3.63, 3.8) is 0 Å². The van der Waals surface area contributed by atoms with Gasteiger partial charge in [0.05, 0.1) is 26.4 Å². The summed E-state index contributed by atoms with van der Waals surface area (Å²) in [7, 11) is -9.77. The molecule has 81 heavy (non-hydrogen) atoms. The number of aliphatic hydroxyl groups excluding tert-OH is 2. The molecule has 0 aromatic heterocycles. The number of carbonyl (C=O) groups excluding carboxylic acids is 3. The van der Waals surface area contributed by atoms with Crippen molar-refractivity contribution >= 4 is 33.6 Å². The number of esters is 3. The molecule has 0 aromatic carbocycles. The number of rotatable bonds is 58. The number of unbranched alkanes of at least 4 members (excludes halogenated alkanes) is 21. The van der Waals surface area contributed by atoms with Gasteiger partial charge in [0.2, 0.25) is 0 Å². The zero-order chi connectivity index (χ0) is 59.6. The maximum Gasteiger partial charge on any atom is 0.472 e. The molecule has 0 aromatic rings. The van der Waals surface area contributed by atoms with Crippen LogP contribution in [0.25, 0.3) is 0 Å². The first-order valence-electron chi connectivity index (χ1n) is 30.9. The van der Waals surface area contributed by atoms with Gasteiger partial charge in [-0.1, -0.05) is 196 Å². The van der Waals surface area contributed by atoms with Crippen LogP contribution in [-0.4, -0.2) is 95.9 Å². The van der Waals surface area contributed by atoms with Crippen molar-refractivity contribution in [2.45, 2.75) is 257 Å². The zero-order valence-corrected chi connectivity index (χ0v) is 52.0. The van der Waals surface area contributed by atoms with Crippen molar-refractivity contribution in [1.82, 2.24) is 0 Å². The van der Waals surface area contributed by atoms with Crippen molar-refractivity contribution in [2.24, 2.45) is 0 Å². The quantitative estimate of drug-likeness (QED) is 0.0146. The Hall–Kier alpha value is -3.27. The molecule has 0 radical (unpaired) electrons. The topological polar surface area (TPSA) is 231 Å². The molecule has 0 aliphatic rings. The van der Waals surface area contributed by atoms with Crippen LogP contribution in [0.1, 0.15) is 239 Å². The van der Waals surface area contributed by atoms with Crippen LogP contribution < -0.4 is 0 Å². The minimum absolute atomic E-state index is 0.0848. The van der Waals surface area contributed by atoms with Gasteiger partial charge in [-0.2, -0.15) is 0 Å². The van der Waals surface area contributed by atoms with Crippen molar-refractivity contribution in [3.05, 3.63) is 85.1 Å². The Labute approximate surface area is 489 Å². The molecule has 0 spiro atoms. The highest BCUT2D eigenvalue weighted by molar-refractivity contribution is 7.47. The first-order chi connectivity index (χ1) is 39.2. The van der Waals surface area contributed by atoms with E-state index >= 15 is 0 Å². The molecule has 16 nitrogen and oxygen atoms in total. The van der Waals surface area contributed by atoms with Crippen LogP contribution in [0.4, 0.5) is 0 Å². The molecule has 0 aliphatic carbocycles. The van der Waals surface area contributed by atoms with Gasteiger partial charge in [-0.3, -0.25) is 32.5 Å². The summed E-state index contributed by atoms with van der Waals surface area (Å²) in [5.74, 6) is -1.62. The molecular formula is C63H110O16P2. The fourth-order valence-electron chi connectivity index (χ4n) is 7.83. The van der Waals surface area contributed by atoms with E-state index in [0.29, 0.717) is 19.3 Å². The molecule has 0 amide bonds. The fourth-order valence-corrected chi connectivity index (χ4v) is 9.41. The molecule has 468 valence electrons. The molecule has 0 saturated heterocycles. The summed E-state index contributed by atoms with van der Waals surface area (Å²) in [6.07, 6.45) is 57.9. The lowest BCUT2D eigenvalue weighted by Crippen LogP contribution is -2.30. The van der Waals surface area contributed by atoms with E-state index < -0.39 is 91.5 Å². The first kappa shape index (κ1) is 77.7. The number of hydrogen-bond acceptors (Lipinski definition) is 14. The lowest BCUT2D eigenvalue weighted by Gasteiger charge is -2.21. The summed E-state index contributed by atoms with van der Waals surface area (Å²) >= 11 is 0. The Bertz CT molecular complexity index is 1830. The van der Waals surface area contributed by atoms with E-state index in [0.717, 1.165) is 161 Å². The smallest absolute Gasteiger partial charge is 0.463 e. The van der Waals surface area contributed by atoms with Crippen molar-refractivity contribution in [2.75, 3.05) is 39.6 Å². The van der Waals surface area contributed by atoms with E-state index in [1.54, 1.807) is 0 Å². The fraction of sp³-hybridized carbons (Fsp3) is 0.730. The van der Waals surface area contributed by atoms with Crippen LogP contribution in [0.15, 0.2) is 85.1 Å². The Morgan fingerprint density at radius 2 is 0.679 bits per heavy atom. The van der Waals surface area contributed by atoms with Crippen molar-refractivity contribution in [3.8, 4) is 0 Å². The predicted octanol–water partition coefficient (Wildman–Crippen LogP) is 16.2. The summed E-state index contributed by atoms with van der Waals surface area (Å²) in [4.78, 5) is 58.1. The third kappa shape index (κ3) is 58.3. The highest BCUT2D eigenvalue weighted by atomic mass is 31.2. The maximum absolute atomic E-state index is 12.9. The van der Waals surface area contributed by atoms with Gasteiger partial charge in [0.15, 0.2) is 6.10 Å². The summed E-state index contributed by atoms with van der Waals surface area (Å²) in [6.45, 7) is 2.40. The average molecular weight is 1190 g/mol. The molecule has 5 unspecified atom stereocenters. The number of phosphoric ester groups is 2. The number of hydrogen-bond donors (Lipinski definition) is 4. The second-order valence-electron chi connectivity index (χ2n) is 20.5. The minimum atomic E-state index is -4.92. The molecule has 0 heterocycles. The Kier molecular flexibility index (Phi) is 54.9. The summed E-state index contributed by atoms with van der Waals surface area (Å²) < 4.78 is 60.6. The monoisotopic (exact) mass is 1180 g/mol. The van der Waals surface area contributed by atoms with Crippen LogP contribution in [-0.2, 0) is 55.8 Å². The van der Waals surface area contributed by atoms with Gasteiger partial charge in [0.1, 0.15) is 25.4 Å². The van der Waals surface area contributed by atoms with E-state index in [1.165, 1.54) is 19.3 Å². The maximum atomic E-state index is 12.9. The number of ether oxygens (including phenoxy) is 3. The van der Waals surface area contributed by atoms with E-state index in [2.05, 4.69) is 106 Å². The highest BCUT2D eigenvalue weighted by Gasteiger charge is 2.29. The number of aliphatic hydroxyl groups is 2. The largest absolute Gasteiger partial charge is 0.472 e. The van der Waals surface area contributed by atoms with Crippen molar-refractivity contribution in [1.29, 1.82) is 0 Å². The first-order valence-corrected chi connectivity index (χ1v) is 33.9. The number of carbonyl (C=O) groups is 3. The van der Waals surface area contributed by atoms with Crippen LogP contribution >= 0.6 is 15.6 Å². The Morgan fingerprint density at radius 1 is 0.358 bits per heavy atom. The predicted molar refractivity (Wildman–Crippen MR) is 325 cm³/mol. The third-order valence-electron chi connectivity index (χ3n) is 12.6. The standard InChI is InChI=1S/C63H110O16P2/c1-4-7-10-13-16-19-22-25-27-28-30-33-34-37-40-43-46-49-61(66)73-52-58(64)53-75-80(69,70)76-54-59(65)55-77-81(71,72)78-57-60(79-63(68)51-48-45-42-39-36-31-24-21-18-15-12-9-6-3)56-74-62(67)50-47-44-41-38-35-32-29-26-23-20-17-14-11-8-5-2/h7,10,12,15-17,19-21,24-27,29,58-60,64-65H,4-6,8-9,11,13-14,18,22-23,28,30-57H2,1-3H3,(H,69,70)(H,71,72)/b10-7-,15-12-,19-16-,20-17-,24-21-,27-25-,29-26-. The average Bonchev–Trinajstić information content (AvgIpc) is 3.44. The zero-order valence-electron chi connectivity index (χ0n) is 50.2. The second kappa shape index (κ2) is 57.2. The summed E-state index contributed by atoms with van der Waals surface area (Å²) in [6, 6.07) is 0. The van der Waals surface area contributed by atoms with Gasteiger partial charge in [-0.15, -0.1) is 0 Å². The van der Waals surface area contributed by atoms with Gasteiger partial charge >= 0.3 is 33.6 Å². The second-order valence-corrected chi connectivity index (χ2v) is 23.4.